The number of likely N-dealkylation sites (N-methyl/N-ethyl adjacent to an activating group) is 1. The minimum Gasteiger partial charge on any atom is -0.459 e. The lowest BCUT2D eigenvalue weighted by Crippen LogP contribution is -2.25. The summed E-state index contributed by atoms with van der Waals surface area (Å²) in [5, 5.41) is 12.2. The van der Waals surface area contributed by atoms with Crippen molar-refractivity contribution in [1.82, 2.24) is 4.90 Å². The molecule has 0 aromatic heterocycles. The van der Waals surface area contributed by atoms with Crippen molar-refractivity contribution in [1.29, 1.82) is 0 Å². The van der Waals surface area contributed by atoms with Gasteiger partial charge in [-0.25, -0.2) is 10.1 Å². The second-order valence-electron chi connectivity index (χ2n) is 2.51. The average molecular weight is 280 g/mol. The van der Waals surface area contributed by atoms with Gasteiger partial charge in [0.1, 0.15) is 6.61 Å². The van der Waals surface area contributed by atoms with Crippen molar-refractivity contribution >= 4 is 26.6 Å². The number of hydrazone groups is 1. The summed E-state index contributed by atoms with van der Waals surface area (Å²) in [5.41, 5.74) is 0.364. The van der Waals surface area contributed by atoms with Crippen molar-refractivity contribution in [2.45, 2.75) is 6.92 Å². The largest absolute Gasteiger partial charge is 0.459 e. The highest BCUT2D eigenvalue weighted by Gasteiger charge is 2.11. The number of carbonyl (C=O) groups is 1. The summed E-state index contributed by atoms with van der Waals surface area (Å²) in [5.74, 6) is -0.452. The number of ether oxygens (including phenoxy) is 1. The second kappa shape index (κ2) is 6.12. The molecular formula is C7H10BrN3O4. The molecule has 0 fully saturated rings. The van der Waals surface area contributed by atoms with Crippen LogP contribution in [0.25, 0.3) is 0 Å². The molecule has 0 aliphatic heterocycles. The molecule has 7 nitrogen and oxygen atoms in total. The van der Waals surface area contributed by atoms with Crippen LogP contribution in [0.4, 0.5) is 0 Å². The summed E-state index contributed by atoms with van der Waals surface area (Å²) in [6.45, 7) is 4.78. The first-order valence-electron chi connectivity index (χ1n) is 3.78. The topological polar surface area (TPSA) is 85.0 Å². The lowest BCUT2D eigenvalue weighted by atomic mass is 10.5. The van der Waals surface area contributed by atoms with Crippen molar-refractivity contribution in [3.63, 3.8) is 0 Å². The molecule has 0 aliphatic rings. The predicted octanol–water partition coefficient (Wildman–Crippen LogP) is 0.938. The van der Waals surface area contributed by atoms with Crippen molar-refractivity contribution in [2.75, 3.05) is 13.7 Å². The first-order valence-corrected chi connectivity index (χ1v) is 4.57. The van der Waals surface area contributed by atoms with Gasteiger partial charge in [-0.15, -0.1) is 0 Å². The van der Waals surface area contributed by atoms with Crippen LogP contribution in [0.2, 0.25) is 0 Å². The first-order chi connectivity index (χ1) is 6.84. The van der Waals surface area contributed by atoms with E-state index in [9.17, 15) is 14.9 Å². The van der Waals surface area contributed by atoms with Crippen molar-refractivity contribution in [2.24, 2.45) is 5.10 Å². The molecular weight excluding hydrogens is 270 g/mol. The number of nitro groups is 1. The maximum absolute atomic E-state index is 10.5. The zero-order valence-corrected chi connectivity index (χ0v) is 9.85. The highest BCUT2D eigenvalue weighted by atomic mass is 79.9. The molecule has 0 aromatic carbocycles. The van der Waals surface area contributed by atoms with Crippen LogP contribution in [0, 0.1) is 10.1 Å². The fourth-order valence-electron chi connectivity index (χ4n) is 0.547. The Bertz CT molecular complexity index is 315. The number of esters is 1. The predicted molar refractivity (Wildman–Crippen MR) is 56.9 cm³/mol. The molecule has 0 aromatic rings. The quantitative estimate of drug-likeness (QED) is 0.191. The molecule has 8 heteroatoms. The van der Waals surface area contributed by atoms with Crippen LogP contribution in [0.5, 0.6) is 0 Å². The van der Waals surface area contributed by atoms with Gasteiger partial charge >= 0.3 is 5.97 Å². The zero-order valence-electron chi connectivity index (χ0n) is 8.27. The van der Waals surface area contributed by atoms with Gasteiger partial charge in [-0.3, -0.25) is 4.79 Å². The van der Waals surface area contributed by atoms with Gasteiger partial charge < -0.3 is 9.64 Å². The van der Waals surface area contributed by atoms with E-state index in [-0.39, 0.29) is 11.4 Å². The van der Waals surface area contributed by atoms with Crippen LogP contribution in [0.3, 0.4) is 0 Å². The van der Waals surface area contributed by atoms with Crippen molar-refractivity contribution in [3.8, 4) is 0 Å². The first kappa shape index (κ1) is 13.6. The normalized spacial score (nSPS) is 10.7. The highest BCUT2D eigenvalue weighted by molar-refractivity contribution is 9.18. The lowest BCUT2D eigenvalue weighted by Gasteiger charge is -2.17. The van der Waals surface area contributed by atoms with Gasteiger partial charge in [0.05, 0.1) is 10.8 Å². The van der Waals surface area contributed by atoms with E-state index in [4.69, 9.17) is 0 Å². The number of rotatable bonds is 4. The van der Waals surface area contributed by atoms with Gasteiger partial charge in [-0.05, 0) is 15.9 Å². The van der Waals surface area contributed by atoms with Crippen LogP contribution in [0.1, 0.15) is 6.92 Å². The van der Waals surface area contributed by atoms with Crippen LogP contribution in [0.15, 0.2) is 17.4 Å². The number of halogens is 1. The third-order valence-electron chi connectivity index (χ3n) is 1.36. The Morgan fingerprint density at radius 1 is 1.73 bits per heavy atom. The fourth-order valence-corrected chi connectivity index (χ4v) is 0.927. The summed E-state index contributed by atoms with van der Waals surface area (Å²) >= 11 is 2.88. The van der Waals surface area contributed by atoms with E-state index >= 15 is 0 Å². The van der Waals surface area contributed by atoms with Crippen LogP contribution >= 0.6 is 15.9 Å². The Labute approximate surface area is 94.7 Å². The third-order valence-corrected chi connectivity index (χ3v) is 2.05. The Kier molecular flexibility index (Phi) is 5.53. The van der Waals surface area contributed by atoms with E-state index in [1.54, 1.807) is 0 Å². The lowest BCUT2D eigenvalue weighted by molar-refractivity contribution is -0.485. The van der Waals surface area contributed by atoms with Crippen LogP contribution in [-0.4, -0.2) is 34.3 Å². The molecule has 0 spiro atoms. The molecule has 0 amide bonds. The molecule has 15 heavy (non-hydrogen) atoms. The fraction of sp³-hybridized carbons (Fsp3) is 0.429. The molecule has 0 N–H and O–H groups in total. The summed E-state index contributed by atoms with van der Waals surface area (Å²) in [6, 6.07) is 0. The molecule has 84 valence electrons. The number of hydrogen-bond acceptors (Lipinski definition) is 4. The van der Waals surface area contributed by atoms with Crippen LogP contribution < -0.4 is 0 Å². The zero-order chi connectivity index (χ0) is 12.0. The smallest absolute Gasteiger partial charge is 0.303 e. The molecule has 0 bridgehead atoms. The summed E-state index contributed by atoms with van der Waals surface area (Å²) in [7, 11) is 1.50. The van der Waals surface area contributed by atoms with Gasteiger partial charge in [0.15, 0.2) is 5.03 Å². The summed E-state index contributed by atoms with van der Waals surface area (Å²) < 4.78 is 4.63. The third kappa shape index (κ3) is 5.78. The standard InChI is InChI=1S/C7H10BrN3O4/c1-5(4-15-6(2)12)10(3)7(8)9-11(13)14/h1,4H2,2-3H3/b9-7-. The van der Waals surface area contributed by atoms with E-state index in [0.717, 1.165) is 0 Å². The molecule has 0 atom stereocenters. The SMILES string of the molecule is C=C(COC(C)=O)N(C)/C(Br)=N\[N+](=O)[O-]. The molecule has 0 saturated carbocycles. The number of carbonyl (C=O) groups excluding carboxylic acids is 1. The van der Waals surface area contributed by atoms with E-state index in [1.807, 2.05) is 0 Å². The van der Waals surface area contributed by atoms with E-state index in [0.29, 0.717) is 5.70 Å². The number of hydrogen-bond donors (Lipinski definition) is 0. The molecule has 0 saturated heterocycles. The maximum atomic E-state index is 10.5. The minimum atomic E-state index is -0.848. The Morgan fingerprint density at radius 3 is 2.67 bits per heavy atom. The van der Waals surface area contributed by atoms with Crippen molar-refractivity contribution in [3.05, 3.63) is 22.4 Å². The number of nitrogens with zero attached hydrogens (tertiary/aromatic N) is 3. The molecule has 0 rings (SSSR count). The van der Waals surface area contributed by atoms with Gasteiger partial charge in [-0.1, -0.05) is 6.58 Å². The molecule has 0 unspecified atom stereocenters. The van der Waals surface area contributed by atoms with Gasteiger partial charge in [0.25, 0.3) is 0 Å². The van der Waals surface area contributed by atoms with Crippen LogP contribution in [-0.2, 0) is 9.53 Å². The van der Waals surface area contributed by atoms with Gasteiger partial charge in [-0.2, -0.15) is 0 Å². The maximum Gasteiger partial charge on any atom is 0.303 e. The van der Waals surface area contributed by atoms with E-state index in [2.05, 4.69) is 32.3 Å². The number of amidine groups is 1. The van der Waals surface area contributed by atoms with E-state index < -0.39 is 11.0 Å². The molecule has 0 radical (unpaired) electrons. The minimum absolute atomic E-state index is 0.0235. The summed E-state index contributed by atoms with van der Waals surface area (Å²) in [4.78, 5) is 21.8. The van der Waals surface area contributed by atoms with Crippen molar-refractivity contribution < 1.29 is 14.6 Å². The Balaban J connectivity index is 4.31. The van der Waals surface area contributed by atoms with E-state index in [1.165, 1.54) is 18.9 Å². The summed E-state index contributed by atoms with van der Waals surface area (Å²) in [6.07, 6.45) is 0. The Hall–Kier alpha value is -1.44. The van der Waals surface area contributed by atoms with Gasteiger partial charge in [0, 0.05) is 14.0 Å². The molecule has 0 heterocycles. The Morgan fingerprint density at radius 2 is 2.27 bits per heavy atom. The average Bonchev–Trinajstić information content (AvgIpc) is 2.11. The highest BCUT2D eigenvalue weighted by Crippen LogP contribution is 2.05. The monoisotopic (exact) mass is 279 g/mol. The second-order valence-corrected chi connectivity index (χ2v) is 3.22. The molecule has 0 aliphatic carbocycles. The van der Waals surface area contributed by atoms with Gasteiger partial charge in [0.2, 0.25) is 4.74 Å².